The average Bonchev–Trinajstić information content (AvgIpc) is 2.48. The summed E-state index contributed by atoms with van der Waals surface area (Å²) in [6, 6.07) is 18.3. The fourth-order valence-corrected chi connectivity index (χ4v) is 2.08. The molecule has 0 amide bonds. The number of para-hydroxylation sites is 2. The highest BCUT2D eigenvalue weighted by molar-refractivity contribution is 5.99. The molecule has 0 atom stereocenters. The molecule has 0 radical (unpaired) electrons. The first-order valence-electron chi connectivity index (χ1n) is 7.20. The van der Waals surface area contributed by atoms with E-state index >= 15 is 0 Å². The van der Waals surface area contributed by atoms with Gasteiger partial charge in [0.25, 0.3) is 0 Å². The van der Waals surface area contributed by atoms with Gasteiger partial charge in [-0.25, -0.2) is 0 Å². The molecule has 0 saturated heterocycles. The molecule has 0 aromatic heterocycles. The summed E-state index contributed by atoms with van der Waals surface area (Å²) in [5.41, 5.74) is 0. The van der Waals surface area contributed by atoms with Gasteiger partial charge >= 0.3 is 0 Å². The summed E-state index contributed by atoms with van der Waals surface area (Å²) >= 11 is 0. The van der Waals surface area contributed by atoms with Crippen molar-refractivity contribution in [1.29, 1.82) is 10.8 Å². The van der Waals surface area contributed by atoms with Gasteiger partial charge in [0.15, 0.2) is 11.8 Å². The zero-order chi connectivity index (χ0) is 15.9. The molecule has 0 aliphatic heterocycles. The molecular weight excluding hydrogens is 276 g/mol. The van der Waals surface area contributed by atoms with Crippen LogP contribution >= 0.6 is 0 Å². The van der Waals surface area contributed by atoms with Crippen molar-refractivity contribution in [3.8, 4) is 11.5 Å². The number of ether oxygens (including phenoxy) is 2. The minimum Gasteiger partial charge on any atom is -0.443 e. The first-order chi connectivity index (χ1) is 10.6. The van der Waals surface area contributed by atoms with E-state index in [-0.39, 0.29) is 17.7 Å². The Morgan fingerprint density at radius 3 is 1.41 bits per heavy atom. The standard InChI is InChI=1S/C18H20N2O2/c1-13(2)16(17(19)21-14-9-5-3-6-10-14)18(20)22-15-11-7-4-8-12-15/h3-13,16,19-20H,1-2H3. The minimum atomic E-state index is -0.527. The van der Waals surface area contributed by atoms with Gasteiger partial charge in [-0.1, -0.05) is 50.2 Å². The van der Waals surface area contributed by atoms with Crippen LogP contribution in [-0.4, -0.2) is 11.8 Å². The number of rotatable bonds is 5. The van der Waals surface area contributed by atoms with Crippen molar-refractivity contribution in [2.45, 2.75) is 13.8 Å². The molecule has 2 aromatic rings. The van der Waals surface area contributed by atoms with Gasteiger partial charge in [0, 0.05) is 0 Å². The second kappa shape index (κ2) is 7.41. The fourth-order valence-electron chi connectivity index (χ4n) is 2.08. The van der Waals surface area contributed by atoms with Crippen LogP contribution < -0.4 is 9.47 Å². The molecule has 0 spiro atoms. The lowest BCUT2D eigenvalue weighted by Crippen LogP contribution is -2.34. The van der Waals surface area contributed by atoms with E-state index in [1.54, 1.807) is 24.3 Å². The van der Waals surface area contributed by atoms with E-state index in [4.69, 9.17) is 20.3 Å². The SMILES string of the molecule is CC(C)C(C(=N)Oc1ccccc1)C(=N)Oc1ccccc1. The highest BCUT2D eigenvalue weighted by atomic mass is 16.5. The second-order valence-corrected chi connectivity index (χ2v) is 5.28. The molecule has 0 fully saturated rings. The molecule has 0 saturated carbocycles. The van der Waals surface area contributed by atoms with Crippen LogP contribution in [0, 0.1) is 22.7 Å². The Morgan fingerprint density at radius 1 is 0.727 bits per heavy atom. The van der Waals surface area contributed by atoms with Gasteiger partial charge in [-0.05, 0) is 30.2 Å². The van der Waals surface area contributed by atoms with Gasteiger partial charge in [0.05, 0.1) is 0 Å². The van der Waals surface area contributed by atoms with Crippen LogP contribution in [0.5, 0.6) is 11.5 Å². The highest BCUT2D eigenvalue weighted by Crippen LogP contribution is 2.20. The summed E-state index contributed by atoms with van der Waals surface area (Å²) in [5, 5.41) is 16.3. The summed E-state index contributed by atoms with van der Waals surface area (Å²) in [4.78, 5) is 0. The molecule has 0 aliphatic carbocycles. The van der Waals surface area contributed by atoms with Crippen molar-refractivity contribution in [1.82, 2.24) is 0 Å². The highest BCUT2D eigenvalue weighted by Gasteiger charge is 2.27. The maximum atomic E-state index is 8.17. The molecule has 0 aliphatic rings. The van der Waals surface area contributed by atoms with Crippen molar-refractivity contribution >= 4 is 11.8 Å². The van der Waals surface area contributed by atoms with Gasteiger partial charge in [0.2, 0.25) is 0 Å². The van der Waals surface area contributed by atoms with Crippen LogP contribution in [0.2, 0.25) is 0 Å². The fraction of sp³-hybridized carbons (Fsp3) is 0.222. The van der Waals surface area contributed by atoms with Crippen LogP contribution in [0.1, 0.15) is 13.8 Å². The van der Waals surface area contributed by atoms with Crippen LogP contribution in [0.4, 0.5) is 0 Å². The summed E-state index contributed by atoms with van der Waals surface area (Å²) in [7, 11) is 0. The maximum absolute atomic E-state index is 8.17. The van der Waals surface area contributed by atoms with E-state index in [1.165, 1.54) is 0 Å². The van der Waals surface area contributed by atoms with Gasteiger partial charge in [-0.2, -0.15) is 0 Å². The smallest absolute Gasteiger partial charge is 0.200 e. The van der Waals surface area contributed by atoms with Gasteiger partial charge in [-0.3, -0.25) is 10.8 Å². The summed E-state index contributed by atoms with van der Waals surface area (Å²) < 4.78 is 11.1. The molecule has 0 heterocycles. The zero-order valence-corrected chi connectivity index (χ0v) is 12.7. The third-order valence-electron chi connectivity index (χ3n) is 3.17. The van der Waals surface area contributed by atoms with E-state index in [9.17, 15) is 0 Å². The molecule has 4 nitrogen and oxygen atoms in total. The van der Waals surface area contributed by atoms with Crippen molar-refractivity contribution in [2.24, 2.45) is 11.8 Å². The number of nitrogens with one attached hydrogen (secondary N) is 2. The van der Waals surface area contributed by atoms with Gasteiger partial charge in [-0.15, -0.1) is 0 Å². The normalized spacial score (nSPS) is 11.8. The Hall–Kier alpha value is -2.62. The van der Waals surface area contributed by atoms with Crippen molar-refractivity contribution < 1.29 is 9.47 Å². The largest absolute Gasteiger partial charge is 0.443 e. The molecule has 114 valence electrons. The molecular formula is C18H20N2O2. The van der Waals surface area contributed by atoms with Crippen LogP contribution in [0.15, 0.2) is 60.7 Å². The molecule has 22 heavy (non-hydrogen) atoms. The molecule has 2 rings (SSSR count). The predicted octanol–water partition coefficient (Wildman–Crippen LogP) is 4.37. The maximum Gasteiger partial charge on any atom is 0.200 e. The third-order valence-corrected chi connectivity index (χ3v) is 3.17. The van der Waals surface area contributed by atoms with E-state index < -0.39 is 5.92 Å². The van der Waals surface area contributed by atoms with Crippen LogP contribution in [0.25, 0.3) is 0 Å². The molecule has 0 unspecified atom stereocenters. The number of hydrogen-bond donors (Lipinski definition) is 2. The third kappa shape index (κ3) is 4.19. The average molecular weight is 296 g/mol. The van der Waals surface area contributed by atoms with Crippen molar-refractivity contribution in [3.63, 3.8) is 0 Å². The van der Waals surface area contributed by atoms with E-state index in [1.807, 2.05) is 50.2 Å². The topological polar surface area (TPSA) is 66.2 Å². The van der Waals surface area contributed by atoms with Gasteiger partial charge in [0.1, 0.15) is 17.4 Å². The lowest BCUT2D eigenvalue weighted by Gasteiger charge is -2.22. The Kier molecular flexibility index (Phi) is 5.31. The molecule has 2 aromatic carbocycles. The van der Waals surface area contributed by atoms with E-state index in [2.05, 4.69) is 0 Å². The van der Waals surface area contributed by atoms with Crippen molar-refractivity contribution in [2.75, 3.05) is 0 Å². The second-order valence-electron chi connectivity index (χ2n) is 5.28. The molecule has 2 N–H and O–H groups in total. The van der Waals surface area contributed by atoms with Crippen molar-refractivity contribution in [3.05, 3.63) is 60.7 Å². The molecule has 4 heteroatoms. The first-order valence-corrected chi connectivity index (χ1v) is 7.20. The lowest BCUT2D eigenvalue weighted by atomic mass is 9.95. The Labute approximate surface area is 130 Å². The first kappa shape index (κ1) is 15.8. The van der Waals surface area contributed by atoms with E-state index in [0.717, 1.165) is 0 Å². The quantitative estimate of drug-likeness (QED) is 0.635. The number of hydrogen-bond acceptors (Lipinski definition) is 4. The summed E-state index contributed by atoms with van der Waals surface area (Å²) in [6.45, 7) is 3.88. The lowest BCUT2D eigenvalue weighted by molar-refractivity contribution is 0.418. The zero-order valence-electron chi connectivity index (χ0n) is 12.7. The predicted molar refractivity (Wildman–Crippen MR) is 87.9 cm³/mol. The Balaban J connectivity index is 2.08. The van der Waals surface area contributed by atoms with Crippen LogP contribution in [-0.2, 0) is 0 Å². The monoisotopic (exact) mass is 296 g/mol. The summed E-state index contributed by atoms with van der Waals surface area (Å²) in [5.74, 6) is 0.702. The number of benzene rings is 2. The van der Waals surface area contributed by atoms with E-state index in [0.29, 0.717) is 11.5 Å². The minimum absolute atomic E-state index is 0.0159. The summed E-state index contributed by atoms with van der Waals surface area (Å²) in [6.07, 6.45) is 0. The Bertz CT molecular complexity index is 571. The Morgan fingerprint density at radius 2 is 1.09 bits per heavy atom. The molecule has 0 bridgehead atoms. The van der Waals surface area contributed by atoms with Crippen LogP contribution in [0.3, 0.4) is 0 Å². The van der Waals surface area contributed by atoms with Gasteiger partial charge < -0.3 is 9.47 Å².